The summed E-state index contributed by atoms with van der Waals surface area (Å²) >= 11 is 3.15. The van der Waals surface area contributed by atoms with E-state index in [1.54, 1.807) is 17.4 Å². The molecule has 30 heavy (non-hydrogen) atoms. The zero-order valence-corrected chi connectivity index (χ0v) is 18.5. The third-order valence-corrected chi connectivity index (χ3v) is 6.36. The van der Waals surface area contributed by atoms with Gasteiger partial charge in [0.05, 0.1) is 22.0 Å². The van der Waals surface area contributed by atoms with E-state index in [1.165, 1.54) is 29.0 Å². The topological polar surface area (TPSA) is 70.1 Å². The number of aromatic nitrogens is 1. The molecule has 2 N–H and O–H groups in total. The van der Waals surface area contributed by atoms with Gasteiger partial charge in [-0.2, -0.15) is 5.10 Å². The number of phenolic OH excluding ortho intramolecular Hbond substituents is 2. The monoisotopic (exact) mass is 435 g/mol. The summed E-state index contributed by atoms with van der Waals surface area (Å²) in [6.07, 6.45) is 0. The van der Waals surface area contributed by atoms with Crippen LogP contribution in [0.5, 0.6) is 11.5 Å². The van der Waals surface area contributed by atoms with Crippen molar-refractivity contribution in [1.82, 2.24) is 4.68 Å². The minimum absolute atomic E-state index is 0.0112. The molecule has 4 aromatic rings. The van der Waals surface area contributed by atoms with Crippen molar-refractivity contribution < 1.29 is 10.2 Å². The van der Waals surface area contributed by atoms with Crippen LogP contribution in [0.3, 0.4) is 0 Å². The predicted molar refractivity (Wildman–Crippen MR) is 124 cm³/mol. The largest absolute Gasteiger partial charge is 0.508 e. The quantitative estimate of drug-likeness (QED) is 0.397. The van der Waals surface area contributed by atoms with E-state index in [9.17, 15) is 10.2 Å². The Morgan fingerprint density at radius 3 is 2.53 bits per heavy atom. The average molecular weight is 436 g/mol. The number of hydrogen-bond acceptors (Lipinski definition) is 6. The van der Waals surface area contributed by atoms with Gasteiger partial charge in [0, 0.05) is 17.0 Å². The van der Waals surface area contributed by atoms with Gasteiger partial charge in [0.25, 0.3) is 0 Å². The second-order valence-corrected chi connectivity index (χ2v) is 8.77. The van der Waals surface area contributed by atoms with Crippen LogP contribution in [0.2, 0.25) is 0 Å². The molecule has 7 heteroatoms. The number of hydrogen-bond donors (Lipinski definition) is 2. The number of rotatable bonds is 4. The molecule has 0 bridgehead atoms. The number of thiazole rings is 1. The van der Waals surface area contributed by atoms with Crippen molar-refractivity contribution in [2.45, 2.75) is 20.8 Å². The van der Waals surface area contributed by atoms with Crippen LogP contribution in [0.4, 0.5) is 5.69 Å². The third-order valence-electron chi connectivity index (χ3n) is 4.65. The molecule has 4 rings (SSSR count). The lowest BCUT2D eigenvalue weighted by molar-refractivity contribution is 0.450. The summed E-state index contributed by atoms with van der Waals surface area (Å²) in [7, 11) is 0. The van der Waals surface area contributed by atoms with Crippen LogP contribution in [0, 0.1) is 13.8 Å². The summed E-state index contributed by atoms with van der Waals surface area (Å²) in [5.41, 5.74) is 5.31. The maximum atomic E-state index is 10.2. The molecule has 2 heterocycles. The Hall–Kier alpha value is -3.16. The van der Waals surface area contributed by atoms with E-state index in [2.05, 4.69) is 13.0 Å². The van der Waals surface area contributed by atoms with E-state index in [4.69, 9.17) is 10.1 Å². The summed E-state index contributed by atoms with van der Waals surface area (Å²) in [4.78, 5) is 6.69. The highest BCUT2D eigenvalue weighted by Gasteiger charge is 2.12. The molecular weight excluding hydrogens is 414 g/mol. The van der Waals surface area contributed by atoms with Crippen molar-refractivity contribution in [3.05, 3.63) is 80.8 Å². The Kier molecular flexibility index (Phi) is 5.57. The van der Waals surface area contributed by atoms with E-state index < -0.39 is 0 Å². The summed E-state index contributed by atoms with van der Waals surface area (Å²) in [6, 6.07) is 14.7. The van der Waals surface area contributed by atoms with Gasteiger partial charge in [0.15, 0.2) is 0 Å². The van der Waals surface area contributed by atoms with Crippen LogP contribution in [-0.4, -0.2) is 20.6 Å². The van der Waals surface area contributed by atoms with Gasteiger partial charge in [-0.1, -0.05) is 23.8 Å². The van der Waals surface area contributed by atoms with Gasteiger partial charge in [0.2, 0.25) is 4.80 Å². The third kappa shape index (κ3) is 4.08. The standard InChI is InChI=1S/C23H21N3O2S2/c1-14-6-9-19(15(2)11-14)24-23-26(20(13-30-23)22-5-4-10-29-22)25-16(3)18-8-7-17(27)12-21(18)28/h4-13,27-28H,1-3H3. The van der Waals surface area contributed by atoms with Crippen LogP contribution in [0.25, 0.3) is 10.6 Å². The molecule has 0 atom stereocenters. The normalized spacial score (nSPS) is 12.5. The predicted octanol–water partition coefficient (Wildman–Crippen LogP) is 5.81. The zero-order chi connectivity index (χ0) is 21.3. The van der Waals surface area contributed by atoms with Gasteiger partial charge in [-0.05, 0) is 56.0 Å². The van der Waals surface area contributed by atoms with Crippen molar-refractivity contribution >= 4 is 34.1 Å². The molecule has 0 spiro atoms. The molecule has 5 nitrogen and oxygen atoms in total. The fourth-order valence-corrected chi connectivity index (χ4v) is 4.77. The molecule has 2 aromatic heterocycles. The molecule has 0 fully saturated rings. The summed E-state index contributed by atoms with van der Waals surface area (Å²) in [6.45, 7) is 5.94. The van der Waals surface area contributed by atoms with Crippen LogP contribution < -0.4 is 4.80 Å². The molecule has 152 valence electrons. The summed E-state index contributed by atoms with van der Waals surface area (Å²) < 4.78 is 1.82. The number of thiophene rings is 1. The maximum Gasteiger partial charge on any atom is 0.211 e. The SMILES string of the molecule is CC(=Nn1c(-c2cccs2)csc1=Nc1ccc(C)cc1C)c1ccc(O)cc1O. The first-order chi connectivity index (χ1) is 14.4. The van der Waals surface area contributed by atoms with Gasteiger partial charge < -0.3 is 10.2 Å². The molecule has 0 radical (unpaired) electrons. The molecule has 2 aromatic carbocycles. The molecule has 0 aliphatic heterocycles. The highest BCUT2D eigenvalue weighted by Crippen LogP contribution is 2.27. The zero-order valence-electron chi connectivity index (χ0n) is 16.8. The fourth-order valence-electron chi connectivity index (χ4n) is 3.13. The second kappa shape index (κ2) is 8.30. The maximum absolute atomic E-state index is 10.2. The number of benzene rings is 2. The number of aryl methyl sites for hydroxylation is 2. The first kappa shape index (κ1) is 20.1. The fraction of sp³-hybridized carbons (Fsp3) is 0.130. The molecule has 0 saturated carbocycles. The van der Waals surface area contributed by atoms with Gasteiger partial charge in [-0.15, -0.1) is 22.7 Å². The first-order valence-electron chi connectivity index (χ1n) is 9.36. The van der Waals surface area contributed by atoms with Crippen molar-refractivity contribution in [3.8, 4) is 22.1 Å². The molecule has 0 amide bonds. The first-order valence-corrected chi connectivity index (χ1v) is 11.1. The Bertz CT molecular complexity index is 1300. The number of phenols is 2. The molecule has 0 aliphatic carbocycles. The Balaban J connectivity index is 1.90. The van der Waals surface area contributed by atoms with Gasteiger partial charge in [0.1, 0.15) is 11.5 Å². The van der Waals surface area contributed by atoms with Gasteiger partial charge in [-0.3, -0.25) is 0 Å². The molecular formula is C23H21N3O2S2. The molecule has 0 saturated heterocycles. The van der Waals surface area contributed by atoms with E-state index in [-0.39, 0.29) is 11.5 Å². The van der Waals surface area contributed by atoms with Crippen molar-refractivity contribution in [2.24, 2.45) is 10.1 Å². The lowest BCUT2D eigenvalue weighted by Gasteiger charge is -2.07. The van der Waals surface area contributed by atoms with E-state index in [0.717, 1.165) is 26.6 Å². The van der Waals surface area contributed by atoms with Crippen LogP contribution in [0.15, 0.2) is 69.4 Å². The summed E-state index contributed by atoms with van der Waals surface area (Å²) in [5.74, 6) is -0.00494. The number of aromatic hydroxyl groups is 2. The Labute approximate surface area is 182 Å². The minimum atomic E-state index is -0.0161. The smallest absolute Gasteiger partial charge is 0.211 e. The Morgan fingerprint density at radius 2 is 1.83 bits per heavy atom. The van der Waals surface area contributed by atoms with E-state index in [0.29, 0.717) is 11.3 Å². The number of nitrogens with zero attached hydrogens (tertiary/aromatic N) is 3. The van der Waals surface area contributed by atoms with Crippen molar-refractivity contribution in [1.29, 1.82) is 0 Å². The average Bonchev–Trinajstić information content (AvgIpc) is 3.34. The van der Waals surface area contributed by atoms with Crippen molar-refractivity contribution in [3.63, 3.8) is 0 Å². The highest BCUT2D eigenvalue weighted by atomic mass is 32.1. The van der Waals surface area contributed by atoms with Gasteiger partial charge >= 0.3 is 0 Å². The van der Waals surface area contributed by atoms with E-state index in [1.807, 2.05) is 53.5 Å². The molecule has 0 unspecified atom stereocenters. The van der Waals surface area contributed by atoms with E-state index >= 15 is 0 Å². The van der Waals surface area contributed by atoms with Crippen LogP contribution >= 0.6 is 22.7 Å². The van der Waals surface area contributed by atoms with Crippen molar-refractivity contribution in [2.75, 3.05) is 0 Å². The lowest BCUT2D eigenvalue weighted by Crippen LogP contribution is -2.13. The van der Waals surface area contributed by atoms with Crippen LogP contribution in [0.1, 0.15) is 23.6 Å². The lowest BCUT2D eigenvalue weighted by atomic mass is 10.1. The minimum Gasteiger partial charge on any atom is -0.508 e. The van der Waals surface area contributed by atoms with Crippen LogP contribution in [-0.2, 0) is 0 Å². The second-order valence-electron chi connectivity index (χ2n) is 6.98. The highest BCUT2D eigenvalue weighted by molar-refractivity contribution is 7.14. The summed E-state index contributed by atoms with van der Waals surface area (Å²) in [5, 5.41) is 28.7. The van der Waals surface area contributed by atoms with Gasteiger partial charge in [-0.25, -0.2) is 9.67 Å². The Morgan fingerprint density at radius 1 is 1.00 bits per heavy atom. The molecule has 0 aliphatic rings.